The molecule has 0 amide bonds. The molecule has 0 atom stereocenters. The lowest BCUT2D eigenvalue weighted by molar-refractivity contribution is 0.581. The number of benzene rings is 1. The molecule has 0 spiro atoms. The molecular weight excluding hydrogens is 280 g/mol. The summed E-state index contributed by atoms with van der Waals surface area (Å²) in [4.78, 5) is 2.39. The molecule has 1 heterocycles. The largest absolute Gasteiger partial charge is 0.399 e. The summed E-state index contributed by atoms with van der Waals surface area (Å²) in [6.45, 7) is 4.04. The molecule has 102 valence electrons. The van der Waals surface area contributed by atoms with E-state index in [1.165, 1.54) is 6.07 Å². The van der Waals surface area contributed by atoms with Gasteiger partial charge in [0.1, 0.15) is 0 Å². The summed E-state index contributed by atoms with van der Waals surface area (Å²) in [7, 11) is -3.53. The molecule has 3 N–H and O–H groups in total. The number of hydrogen-bond acceptors (Lipinski definition) is 4. The predicted octanol–water partition coefficient (Wildman–Crippen LogP) is 2.43. The summed E-state index contributed by atoms with van der Waals surface area (Å²) in [6, 6.07) is 8.78. The lowest BCUT2D eigenvalue weighted by Gasteiger charge is -2.09. The van der Waals surface area contributed by atoms with E-state index in [-0.39, 0.29) is 4.90 Å². The lowest BCUT2D eigenvalue weighted by Crippen LogP contribution is -2.23. The lowest BCUT2D eigenvalue weighted by atomic mass is 10.2. The van der Waals surface area contributed by atoms with E-state index in [1.54, 1.807) is 30.4 Å². The second kappa shape index (κ2) is 5.32. The third kappa shape index (κ3) is 3.34. The van der Waals surface area contributed by atoms with Gasteiger partial charge in [0.05, 0.1) is 4.90 Å². The number of anilines is 1. The van der Waals surface area contributed by atoms with Crippen molar-refractivity contribution in [2.45, 2.75) is 25.3 Å². The van der Waals surface area contributed by atoms with Gasteiger partial charge in [0, 0.05) is 22.0 Å². The van der Waals surface area contributed by atoms with Crippen molar-refractivity contribution in [2.24, 2.45) is 0 Å². The van der Waals surface area contributed by atoms with Crippen molar-refractivity contribution in [3.05, 3.63) is 45.6 Å². The maximum atomic E-state index is 12.2. The Morgan fingerprint density at radius 3 is 2.58 bits per heavy atom. The van der Waals surface area contributed by atoms with Crippen LogP contribution in [0.2, 0.25) is 0 Å². The molecule has 0 unspecified atom stereocenters. The Kier molecular flexibility index (Phi) is 3.93. The van der Waals surface area contributed by atoms with Crippen LogP contribution in [0, 0.1) is 13.8 Å². The monoisotopic (exact) mass is 296 g/mol. The van der Waals surface area contributed by atoms with Crippen molar-refractivity contribution in [2.75, 3.05) is 5.73 Å². The highest BCUT2D eigenvalue weighted by molar-refractivity contribution is 7.89. The number of nitrogens with one attached hydrogen (secondary N) is 1. The van der Waals surface area contributed by atoms with Gasteiger partial charge in [-0.15, -0.1) is 11.3 Å². The summed E-state index contributed by atoms with van der Waals surface area (Å²) < 4.78 is 27.0. The normalized spacial score (nSPS) is 11.7. The number of sulfonamides is 1. The fourth-order valence-corrected chi connectivity index (χ4v) is 3.94. The van der Waals surface area contributed by atoms with Crippen LogP contribution in [0.25, 0.3) is 0 Å². The SMILES string of the molecule is Cc1ccc(CNS(=O)(=O)c2cc(N)ccc2C)s1. The molecule has 1 aromatic carbocycles. The van der Waals surface area contributed by atoms with Gasteiger partial charge in [-0.2, -0.15) is 0 Å². The van der Waals surface area contributed by atoms with Crippen LogP contribution >= 0.6 is 11.3 Å². The summed E-state index contributed by atoms with van der Waals surface area (Å²) in [6.07, 6.45) is 0. The van der Waals surface area contributed by atoms with E-state index in [0.717, 1.165) is 9.75 Å². The molecule has 19 heavy (non-hydrogen) atoms. The zero-order chi connectivity index (χ0) is 14.0. The molecule has 0 bridgehead atoms. The number of aryl methyl sites for hydroxylation is 2. The first-order chi connectivity index (χ1) is 8.88. The molecule has 2 aromatic rings. The Morgan fingerprint density at radius 1 is 1.21 bits per heavy atom. The van der Waals surface area contributed by atoms with Gasteiger partial charge in [0.15, 0.2) is 0 Å². The molecule has 0 aliphatic carbocycles. The average Bonchev–Trinajstić information content (AvgIpc) is 2.76. The van der Waals surface area contributed by atoms with Crippen LogP contribution in [0.1, 0.15) is 15.3 Å². The van der Waals surface area contributed by atoms with Crippen molar-refractivity contribution < 1.29 is 8.42 Å². The quantitative estimate of drug-likeness (QED) is 0.851. The topological polar surface area (TPSA) is 72.2 Å². The van der Waals surface area contributed by atoms with Crippen LogP contribution in [-0.4, -0.2) is 8.42 Å². The third-order valence-corrected chi connectivity index (χ3v) is 5.28. The molecule has 0 aliphatic rings. The molecule has 2 rings (SSSR count). The summed E-state index contributed by atoms with van der Waals surface area (Å²) in [5.41, 5.74) is 6.77. The van der Waals surface area contributed by atoms with E-state index in [2.05, 4.69) is 4.72 Å². The van der Waals surface area contributed by atoms with Crippen LogP contribution < -0.4 is 10.5 Å². The van der Waals surface area contributed by atoms with E-state index in [1.807, 2.05) is 19.1 Å². The predicted molar refractivity (Wildman–Crippen MR) is 78.7 cm³/mol. The zero-order valence-electron chi connectivity index (χ0n) is 10.8. The van der Waals surface area contributed by atoms with Gasteiger partial charge in [0.25, 0.3) is 0 Å². The van der Waals surface area contributed by atoms with Crippen molar-refractivity contribution in [1.82, 2.24) is 4.72 Å². The Labute approximate surface area is 117 Å². The van der Waals surface area contributed by atoms with Gasteiger partial charge in [-0.3, -0.25) is 0 Å². The van der Waals surface area contributed by atoms with Crippen molar-refractivity contribution >= 4 is 27.0 Å². The van der Waals surface area contributed by atoms with E-state index in [9.17, 15) is 8.42 Å². The van der Waals surface area contributed by atoms with Gasteiger partial charge in [-0.05, 0) is 43.7 Å². The smallest absolute Gasteiger partial charge is 0.241 e. The third-order valence-electron chi connectivity index (χ3n) is 2.73. The number of hydrogen-bond donors (Lipinski definition) is 2. The first-order valence-electron chi connectivity index (χ1n) is 5.79. The first-order valence-corrected chi connectivity index (χ1v) is 8.09. The molecular formula is C13H16N2O2S2. The van der Waals surface area contributed by atoms with Gasteiger partial charge in [-0.25, -0.2) is 13.1 Å². The molecule has 0 aliphatic heterocycles. The summed E-state index contributed by atoms with van der Waals surface area (Å²) in [5, 5.41) is 0. The molecule has 1 aromatic heterocycles. The molecule has 0 saturated carbocycles. The van der Waals surface area contributed by atoms with E-state index in [4.69, 9.17) is 5.73 Å². The van der Waals surface area contributed by atoms with E-state index < -0.39 is 10.0 Å². The van der Waals surface area contributed by atoms with Crippen molar-refractivity contribution in [3.63, 3.8) is 0 Å². The maximum Gasteiger partial charge on any atom is 0.241 e. The highest BCUT2D eigenvalue weighted by atomic mass is 32.2. The Morgan fingerprint density at radius 2 is 1.95 bits per heavy atom. The Balaban J connectivity index is 2.20. The highest BCUT2D eigenvalue weighted by Gasteiger charge is 2.17. The van der Waals surface area contributed by atoms with Gasteiger partial charge >= 0.3 is 0 Å². The number of rotatable bonds is 4. The van der Waals surface area contributed by atoms with Crippen LogP contribution in [0.15, 0.2) is 35.2 Å². The van der Waals surface area contributed by atoms with Crippen molar-refractivity contribution in [3.8, 4) is 0 Å². The fourth-order valence-electron chi connectivity index (χ4n) is 1.73. The standard InChI is InChI=1S/C13H16N2O2S2/c1-9-3-5-11(14)7-13(9)19(16,17)15-8-12-6-4-10(2)18-12/h3-7,15H,8,14H2,1-2H3. The summed E-state index contributed by atoms with van der Waals surface area (Å²) in [5.74, 6) is 0. The Bertz CT molecular complexity index is 690. The Hall–Kier alpha value is -1.37. The maximum absolute atomic E-state index is 12.2. The number of nitrogens with two attached hydrogens (primary N) is 1. The minimum atomic E-state index is -3.53. The fraction of sp³-hybridized carbons (Fsp3) is 0.231. The van der Waals surface area contributed by atoms with Gasteiger partial charge in [0.2, 0.25) is 10.0 Å². The first kappa shape index (κ1) is 14.0. The van der Waals surface area contributed by atoms with Crippen LogP contribution in [0.3, 0.4) is 0 Å². The van der Waals surface area contributed by atoms with Crippen LogP contribution in [-0.2, 0) is 16.6 Å². The summed E-state index contributed by atoms with van der Waals surface area (Å²) >= 11 is 1.58. The minimum Gasteiger partial charge on any atom is -0.399 e. The van der Waals surface area contributed by atoms with Crippen LogP contribution in [0.4, 0.5) is 5.69 Å². The highest BCUT2D eigenvalue weighted by Crippen LogP contribution is 2.20. The minimum absolute atomic E-state index is 0.237. The molecule has 4 nitrogen and oxygen atoms in total. The van der Waals surface area contributed by atoms with Gasteiger partial charge in [-0.1, -0.05) is 6.07 Å². The second-order valence-corrected chi connectivity index (χ2v) is 7.47. The molecule has 6 heteroatoms. The zero-order valence-corrected chi connectivity index (χ0v) is 12.4. The van der Waals surface area contributed by atoms with Crippen molar-refractivity contribution in [1.29, 1.82) is 0 Å². The average molecular weight is 296 g/mol. The second-order valence-electron chi connectivity index (χ2n) is 4.36. The molecule has 0 saturated heterocycles. The van der Waals surface area contributed by atoms with E-state index in [0.29, 0.717) is 17.8 Å². The number of nitrogen functional groups attached to an aromatic ring is 1. The molecule has 0 fully saturated rings. The molecule has 0 radical (unpaired) electrons. The van der Waals surface area contributed by atoms with E-state index >= 15 is 0 Å². The van der Waals surface area contributed by atoms with Crippen LogP contribution in [0.5, 0.6) is 0 Å². The van der Waals surface area contributed by atoms with Gasteiger partial charge < -0.3 is 5.73 Å². The number of thiophene rings is 1.